The Morgan fingerprint density at radius 3 is 1.81 bits per heavy atom. The van der Waals surface area contributed by atoms with Crippen LogP contribution in [0.25, 0.3) is 0 Å². The molecule has 1 heteroatoms. The summed E-state index contributed by atoms with van der Waals surface area (Å²) >= 11 is 0. The van der Waals surface area contributed by atoms with E-state index in [1.807, 2.05) is 0 Å². The van der Waals surface area contributed by atoms with Gasteiger partial charge >= 0.3 is 0 Å². The second-order valence-corrected chi connectivity index (χ2v) is 5.70. The molecular weight excluding hydrogens is 194 g/mol. The van der Waals surface area contributed by atoms with E-state index in [-0.39, 0.29) is 5.54 Å². The van der Waals surface area contributed by atoms with Gasteiger partial charge in [0.05, 0.1) is 0 Å². The van der Waals surface area contributed by atoms with Crippen LogP contribution in [0.5, 0.6) is 0 Å². The van der Waals surface area contributed by atoms with E-state index in [0.717, 1.165) is 0 Å². The molecule has 0 heterocycles. The highest BCUT2D eigenvalue weighted by Gasteiger charge is 2.20. The van der Waals surface area contributed by atoms with Crippen molar-refractivity contribution in [2.45, 2.75) is 59.0 Å². The first-order valence-corrected chi connectivity index (χ1v) is 6.21. The Hall–Kier alpha value is -0.820. The van der Waals surface area contributed by atoms with Gasteiger partial charge in [0.2, 0.25) is 0 Å². The average Bonchev–Trinajstić information content (AvgIpc) is 2.16. The van der Waals surface area contributed by atoms with Crippen molar-refractivity contribution in [2.24, 2.45) is 0 Å². The number of nitrogens with one attached hydrogen (secondary N) is 1. The zero-order chi connectivity index (χ0) is 12.3. The highest BCUT2D eigenvalue weighted by Crippen LogP contribution is 2.23. The molecule has 1 N–H and O–H groups in total. The normalized spacial score (nSPS) is 12.5. The lowest BCUT2D eigenvalue weighted by molar-refractivity contribution is 0.365. The van der Waals surface area contributed by atoms with Crippen molar-refractivity contribution in [3.05, 3.63) is 35.4 Å². The van der Waals surface area contributed by atoms with Gasteiger partial charge < -0.3 is 5.32 Å². The van der Waals surface area contributed by atoms with Crippen LogP contribution >= 0.6 is 0 Å². The summed E-state index contributed by atoms with van der Waals surface area (Å²) in [5.41, 5.74) is 2.80. The Kier molecular flexibility index (Phi) is 4.15. The van der Waals surface area contributed by atoms with Crippen LogP contribution in [0.4, 0.5) is 0 Å². The van der Waals surface area contributed by atoms with Crippen LogP contribution in [0.15, 0.2) is 24.3 Å². The van der Waals surface area contributed by atoms with Crippen LogP contribution in [-0.2, 0) is 5.54 Å². The molecule has 0 radical (unpaired) electrons. The molecule has 1 aromatic rings. The number of hydrogen-bond acceptors (Lipinski definition) is 1. The van der Waals surface area contributed by atoms with Gasteiger partial charge in [-0.15, -0.1) is 0 Å². The predicted octanol–water partition coefficient (Wildman–Crippen LogP) is 4.04. The van der Waals surface area contributed by atoms with Gasteiger partial charge in [0.1, 0.15) is 0 Å². The van der Waals surface area contributed by atoms with Crippen molar-refractivity contribution >= 4 is 0 Å². The van der Waals surface area contributed by atoms with Gasteiger partial charge in [-0.05, 0) is 30.9 Å². The summed E-state index contributed by atoms with van der Waals surface area (Å²) in [6.07, 6.45) is 0. The second-order valence-electron chi connectivity index (χ2n) is 5.70. The number of rotatable bonds is 4. The Morgan fingerprint density at radius 2 is 1.44 bits per heavy atom. The summed E-state index contributed by atoms with van der Waals surface area (Å²) in [4.78, 5) is 0. The minimum atomic E-state index is 0.0453. The van der Waals surface area contributed by atoms with Crippen LogP contribution in [0, 0.1) is 0 Å². The Morgan fingerprint density at radius 1 is 0.938 bits per heavy atom. The van der Waals surface area contributed by atoms with Crippen LogP contribution < -0.4 is 5.32 Å². The first kappa shape index (κ1) is 13.2. The SMILES string of the molecule is CC(C)NC(C)(C)c1ccc(C(C)C)cc1. The lowest BCUT2D eigenvalue weighted by Gasteiger charge is -2.29. The van der Waals surface area contributed by atoms with Crippen molar-refractivity contribution in [1.82, 2.24) is 5.32 Å². The van der Waals surface area contributed by atoms with E-state index < -0.39 is 0 Å². The van der Waals surface area contributed by atoms with Crippen molar-refractivity contribution in [3.63, 3.8) is 0 Å². The van der Waals surface area contributed by atoms with Crippen molar-refractivity contribution in [2.75, 3.05) is 0 Å². The molecule has 0 aliphatic rings. The van der Waals surface area contributed by atoms with E-state index in [9.17, 15) is 0 Å². The highest BCUT2D eigenvalue weighted by atomic mass is 15.0. The molecule has 90 valence electrons. The molecule has 0 aliphatic carbocycles. The van der Waals surface area contributed by atoms with Crippen LogP contribution in [0.2, 0.25) is 0 Å². The lowest BCUT2D eigenvalue weighted by atomic mass is 9.91. The zero-order valence-electron chi connectivity index (χ0n) is 11.5. The van der Waals surface area contributed by atoms with E-state index in [4.69, 9.17) is 0 Å². The lowest BCUT2D eigenvalue weighted by Crippen LogP contribution is -2.40. The summed E-state index contributed by atoms with van der Waals surface area (Å²) in [7, 11) is 0. The number of benzene rings is 1. The third-order valence-electron chi connectivity index (χ3n) is 2.95. The van der Waals surface area contributed by atoms with E-state index in [1.165, 1.54) is 11.1 Å². The predicted molar refractivity (Wildman–Crippen MR) is 71.8 cm³/mol. The fraction of sp³-hybridized carbons (Fsp3) is 0.600. The minimum Gasteiger partial charge on any atom is -0.306 e. The third-order valence-corrected chi connectivity index (χ3v) is 2.95. The third kappa shape index (κ3) is 3.34. The van der Waals surface area contributed by atoms with E-state index in [0.29, 0.717) is 12.0 Å². The first-order chi connectivity index (χ1) is 7.33. The van der Waals surface area contributed by atoms with Crippen molar-refractivity contribution in [3.8, 4) is 0 Å². The molecule has 0 unspecified atom stereocenters. The Bertz CT molecular complexity index is 320. The maximum atomic E-state index is 3.58. The van der Waals surface area contributed by atoms with E-state index in [1.54, 1.807) is 0 Å². The van der Waals surface area contributed by atoms with Gasteiger partial charge in [0, 0.05) is 11.6 Å². The van der Waals surface area contributed by atoms with Crippen molar-refractivity contribution < 1.29 is 0 Å². The molecule has 0 amide bonds. The molecule has 0 aliphatic heterocycles. The summed E-state index contributed by atoms with van der Waals surface area (Å²) in [6.45, 7) is 13.3. The summed E-state index contributed by atoms with van der Waals surface area (Å²) in [5.74, 6) is 0.607. The fourth-order valence-corrected chi connectivity index (χ4v) is 2.09. The van der Waals surface area contributed by atoms with Gasteiger partial charge in [0.15, 0.2) is 0 Å². The molecule has 0 aromatic heterocycles. The second kappa shape index (κ2) is 5.01. The Balaban J connectivity index is 2.88. The molecule has 0 saturated heterocycles. The zero-order valence-corrected chi connectivity index (χ0v) is 11.5. The minimum absolute atomic E-state index is 0.0453. The van der Waals surface area contributed by atoms with Gasteiger partial charge in [0.25, 0.3) is 0 Å². The van der Waals surface area contributed by atoms with E-state index in [2.05, 4.69) is 71.1 Å². The molecule has 0 bridgehead atoms. The summed E-state index contributed by atoms with van der Waals surface area (Å²) < 4.78 is 0. The smallest absolute Gasteiger partial charge is 0.0379 e. The molecule has 0 spiro atoms. The maximum Gasteiger partial charge on any atom is 0.0379 e. The van der Waals surface area contributed by atoms with Gasteiger partial charge in [-0.3, -0.25) is 0 Å². The van der Waals surface area contributed by atoms with Gasteiger partial charge in [-0.2, -0.15) is 0 Å². The Labute approximate surface area is 100 Å². The van der Waals surface area contributed by atoms with Crippen LogP contribution in [0.3, 0.4) is 0 Å². The largest absolute Gasteiger partial charge is 0.306 e. The van der Waals surface area contributed by atoms with Crippen LogP contribution in [-0.4, -0.2) is 6.04 Å². The van der Waals surface area contributed by atoms with E-state index >= 15 is 0 Å². The monoisotopic (exact) mass is 219 g/mol. The molecule has 1 aromatic carbocycles. The molecule has 0 saturated carbocycles. The molecule has 0 fully saturated rings. The van der Waals surface area contributed by atoms with Crippen LogP contribution in [0.1, 0.15) is 58.6 Å². The summed E-state index contributed by atoms with van der Waals surface area (Å²) in [6, 6.07) is 9.46. The van der Waals surface area contributed by atoms with Crippen molar-refractivity contribution in [1.29, 1.82) is 0 Å². The quantitative estimate of drug-likeness (QED) is 0.805. The molecule has 0 atom stereocenters. The molecule has 1 nitrogen and oxygen atoms in total. The average molecular weight is 219 g/mol. The summed E-state index contributed by atoms with van der Waals surface area (Å²) in [5, 5.41) is 3.58. The highest BCUT2D eigenvalue weighted by molar-refractivity contribution is 5.29. The maximum absolute atomic E-state index is 3.58. The first-order valence-electron chi connectivity index (χ1n) is 6.21. The van der Waals surface area contributed by atoms with Gasteiger partial charge in [-0.25, -0.2) is 0 Å². The molecule has 16 heavy (non-hydrogen) atoms. The van der Waals surface area contributed by atoms with Gasteiger partial charge in [-0.1, -0.05) is 52.0 Å². The standard InChI is InChI=1S/C15H25N/c1-11(2)13-7-9-14(10-8-13)15(5,6)16-12(3)4/h7-12,16H,1-6H3. The fourth-order valence-electron chi connectivity index (χ4n) is 2.09. The topological polar surface area (TPSA) is 12.0 Å². The molecular formula is C15H25N. The molecule has 1 rings (SSSR count). The number of hydrogen-bond donors (Lipinski definition) is 1.